The minimum Gasteiger partial charge on any atom is -0.496 e. The average molecular weight is 250 g/mol. The van der Waals surface area contributed by atoms with Crippen molar-refractivity contribution < 1.29 is 19.4 Å². The zero-order valence-electron chi connectivity index (χ0n) is 10.9. The first-order chi connectivity index (χ1) is 8.48. The van der Waals surface area contributed by atoms with E-state index in [1.807, 2.05) is 26.0 Å². The fourth-order valence-electron chi connectivity index (χ4n) is 2.36. The lowest BCUT2D eigenvalue weighted by Crippen LogP contribution is -2.48. The van der Waals surface area contributed by atoms with Crippen molar-refractivity contribution in [2.75, 3.05) is 20.3 Å². The molecule has 1 aromatic rings. The Hall–Kier alpha value is -1.55. The summed E-state index contributed by atoms with van der Waals surface area (Å²) >= 11 is 0. The van der Waals surface area contributed by atoms with E-state index in [0.717, 1.165) is 22.4 Å². The van der Waals surface area contributed by atoms with Gasteiger partial charge in [0.2, 0.25) is 0 Å². The summed E-state index contributed by atoms with van der Waals surface area (Å²) in [4.78, 5) is 11.0. The van der Waals surface area contributed by atoms with Crippen LogP contribution in [0.4, 0.5) is 0 Å². The number of carboxylic acids is 1. The van der Waals surface area contributed by atoms with Gasteiger partial charge in [-0.1, -0.05) is 6.07 Å². The molecule has 4 nitrogen and oxygen atoms in total. The van der Waals surface area contributed by atoms with E-state index in [0.29, 0.717) is 13.2 Å². The van der Waals surface area contributed by atoms with E-state index in [2.05, 4.69) is 0 Å². The molecule has 1 saturated heterocycles. The normalized spacial score (nSPS) is 17.1. The smallest absolute Gasteiger partial charge is 0.304 e. The molecule has 0 saturated carbocycles. The van der Waals surface area contributed by atoms with Gasteiger partial charge in [0.15, 0.2) is 0 Å². The van der Waals surface area contributed by atoms with Gasteiger partial charge < -0.3 is 14.6 Å². The molecule has 0 amide bonds. The van der Waals surface area contributed by atoms with Crippen LogP contribution in [0.5, 0.6) is 5.75 Å². The van der Waals surface area contributed by atoms with Gasteiger partial charge in [-0.2, -0.15) is 0 Å². The Morgan fingerprint density at radius 2 is 2.00 bits per heavy atom. The van der Waals surface area contributed by atoms with Crippen molar-refractivity contribution in [3.05, 3.63) is 28.8 Å². The van der Waals surface area contributed by atoms with Gasteiger partial charge >= 0.3 is 5.97 Å². The Kier molecular flexibility index (Phi) is 3.30. The molecule has 1 aliphatic rings. The molecule has 18 heavy (non-hydrogen) atoms. The second-order valence-corrected chi connectivity index (χ2v) is 4.98. The molecule has 1 aromatic carbocycles. The fraction of sp³-hybridized carbons (Fsp3) is 0.500. The first-order valence-electron chi connectivity index (χ1n) is 5.94. The SMILES string of the molecule is COc1cc(C)c(C)cc1C1(CC(=O)O)COC1. The zero-order chi connectivity index (χ0) is 13.3. The van der Waals surface area contributed by atoms with Crippen LogP contribution >= 0.6 is 0 Å². The first kappa shape index (κ1) is 12.9. The molecule has 1 N–H and O–H groups in total. The van der Waals surface area contributed by atoms with Crippen LogP contribution in [0.1, 0.15) is 23.1 Å². The predicted octanol–water partition coefficient (Wildman–Crippen LogP) is 2.05. The Labute approximate surface area is 107 Å². The molecular formula is C14H18O4. The standard InChI is InChI=1S/C14H18O4/c1-9-4-11(12(17-3)5-10(9)2)14(6-13(15)16)7-18-8-14/h4-5H,6-8H2,1-3H3,(H,15,16). The molecule has 0 radical (unpaired) electrons. The molecule has 1 heterocycles. The lowest BCUT2D eigenvalue weighted by Gasteiger charge is -2.41. The van der Waals surface area contributed by atoms with Gasteiger partial charge in [-0.05, 0) is 31.0 Å². The van der Waals surface area contributed by atoms with Crippen LogP contribution < -0.4 is 4.74 Å². The number of carbonyl (C=O) groups is 1. The molecule has 2 rings (SSSR count). The average Bonchev–Trinajstić information content (AvgIpc) is 2.26. The van der Waals surface area contributed by atoms with Gasteiger partial charge in [-0.3, -0.25) is 4.79 Å². The second-order valence-electron chi connectivity index (χ2n) is 4.98. The molecule has 1 aliphatic heterocycles. The number of aryl methyl sites for hydroxylation is 2. The van der Waals surface area contributed by atoms with Gasteiger partial charge in [0.25, 0.3) is 0 Å². The second kappa shape index (κ2) is 4.61. The van der Waals surface area contributed by atoms with Crippen LogP contribution in [0, 0.1) is 13.8 Å². The number of carboxylic acid groups (broad SMARTS) is 1. The van der Waals surface area contributed by atoms with Gasteiger partial charge in [0, 0.05) is 5.56 Å². The van der Waals surface area contributed by atoms with Crippen LogP contribution in [0.3, 0.4) is 0 Å². The quantitative estimate of drug-likeness (QED) is 0.888. The number of rotatable bonds is 4. The Morgan fingerprint density at radius 3 is 2.44 bits per heavy atom. The zero-order valence-corrected chi connectivity index (χ0v) is 10.9. The van der Waals surface area contributed by atoms with E-state index in [9.17, 15) is 4.79 Å². The summed E-state index contributed by atoms with van der Waals surface area (Å²) in [5.41, 5.74) is 2.79. The Bertz CT molecular complexity index is 475. The summed E-state index contributed by atoms with van der Waals surface area (Å²) in [7, 11) is 1.61. The van der Waals surface area contributed by atoms with Crippen LogP contribution in [-0.2, 0) is 14.9 Å². The maximum absolute atomic E-state index is 11.0. The highest BCUT2D eigenvalue weighted by Crippen LogP contribution is 2.41. The number of aliphatic carboxylic acids is 1. The lowest BCUT2D eigenvalue weighted by molar-refractivity contribution is -0.145. The van der Waals surface area contributed by atoms with Crippen molar-refractivity contribution in [3.63, 3.8) is 0 Å². The van der Waals surface area contributed by atoms with Gasteiger partial charge in [0.1, 0.15) is 5.75 Å². The highest BCUT2D eigenvalue weighted by Gasteiger charge is 2.44. The van der Waals surface area contributed by atoms with Crippen LogP contribution in [0.25, 0.3) is 0 Å². The highest BCUT2D eigenvalue weighted by molar-refractivity contribution is 5.70. The van der Waals surface area contributed by atoms with Crippen molar-refractivity contribution in [2.24, 2.45) is 0 Å². The molecule has 0 spiro atoms. The molecule has 0 aromatic heterocycles. The van der Waals surface area contributed by atoms with Crippen molar-refractivity contribution in [1.29, 1.82) is 0 Å². The number of ether oxygens (including phenoxy) is 2. The summed E-state index contributed by atoms with van der Waals surface area (Å²) in [6, 6.07) is 3.99. The minimum absolute atomic E-state index is 0.0753. The van der Waals surface area contributed by atoms with Crippen LogP contribution in [-0.4, -0.2) is 31.4 Å². The summed E-state index contributed by atoms with van der Waals surface area (Å²) in [6.45, 7) is 4.92. The van der Waals surface area contributed by atoms with E-state index in [4.69, 9.17) is 14.6 Å². The van der Waals surface area contributed by atoms with E-state index in [1.54, 1.807) is 7.11 Å². The maximum Gasteiger partial charge on any atom is 0.304 e. The third-order valence-corrected chi connectivity index (χ3v) is 3.63. The van der Waals surface area contributed by atoms with E-state index in [-0.39, 0.29) is 6.42 Å². The van der Waals surface area contributed by atoms with Gasteiger partial charge in [0.05, 0.1) is 32.2 Å². The van der Waals surface area contributed by atoms with Crippen LogP contribution in [0.2, 0.25) is 0 Å². The van der Waals surface area contributed by atoms with E-state index in [1.165, 1.54) is 0 Å². The molecular weight excluding hydrogens is 232 g/mol. The predicted molar refractivity (Wildman–Crippen MR) is 67.2 cm³/mol. The summed E-state index contributed by atoms with van der Waals surface area (Å²) in [6.07, 6.45) is 0.0753. The summed E-state index contributed by atoms with van der Waals surface area (Å²) in [5, 5.41) is 9.07. The molecule has 0 atom stereocenters. The van der Waals surface area contributed by atoms with Gasteiger partial charge in [-0.25, -0.2) is 0 Å². The molecule has 1 fully saturated rings. The minimum atomic E-state index is -0.807. The fourth-order valence-corrected chi connectivity index (χ4v) is 2.36. The molecule has 4 heteroatoms. The van der Waals surface area contributed by atoms with E-state index < -0.39 is 11.4 Å². The third kappa shape index (κ3) is 2.08. The first-order valence-corrected chi connectivity index (χ1v) is 5.94. The highest BCUT2D eigenvalue weighted by atomic mass is 16.5. The van der Waals surface area contributed by atoms with Crippen molar-refractivity contribution in [1.82, 2.24) is 0 Å². The molecule has 0 aliphatic carbocycles. The monoisotopic (exact) mass is 250 g/mol. The number of methoxy groups -OCH3 is 1. The lowest BCUT2D eigenvalue weighted by atomic mass is 9.74. The molecule has 0 unspecified atom stereocenters. The van der Waals surface area contributed by atoms with E-state index >= 15 is 0 Å². The largest absolute Gasteiger partial charge is 0.496 e. The van der Waals surface area contributed by atoms with Crippen molar-refractivity contribution in [3.8, 4) is 5.75 Å². The van der Waals surface area contributed by atoms with Gasteiger partial charge in [-0.15, -0.1) is 0 Å². The third-order valence-electron chi connectivity index (χ3n) is 3.63. The summed E-state index contributed by atoms with van der Waals surface area (Å²) < 4.78 is 10.6. The number of benzene rings is 1. The molecule has 98 valence electrons. The molecule has 0 bridgehead atoms. The van der Waals surface area contributed by atoms with Crippen LogP contribution in [0.15, 0.2) is 12.1 Å². The van der Waals surface area contributed by atoms with Crippen molar-refractivity contribution >= 4 is 5.97 Å². The Balaban J connectivity index is 2.47. The van der Waals surface area contributed by atoms with Crippen molar-refractivity contribution in [2.45, 2.75) is 25.7 Å². The topological polar surface area (TPSA) is 55.8 Å². The number of hydrogen-bond donors (Lipinski definition) is 1. The maximum atomic E-state index is 11.0. The number of hydrogen-bond acceptors (Lipinski definition) is 3. The Morgan fingerprint density at radius 1 is 1.39 bits per heavy atom. The summed E-state index contributed by atoms with van der Waals surface area (Å²) in [5.74, 6) is -0.0544.